The molecule has 0 aliphatic carbocycles. The number of nitrogens with one attached hydrogen (secondary N) is 1. The molecule has 1 heterocycles. The third-order valence-corrected chi connectivity index (χ3v) is 5.64. The van der Waals surface area contributed by atoms with E-state index < -0.39 is 11.0 Å². The van der Waals surface area contributed by atoms with Gasteiger partial charge in [-0.25, -0.2) is 0 Å². The van der Waals surface area contributed by atoms with Crippen LogP contribution in [0.2, 0.25) is 0 Å². The first-order valence-corrected chi connectivity index (χ1v) is 8.11. The molecule has 126 valence electrons. The lowest BCUT2D eigenvalue weighted by Gasteiger charge is -2.44. The minimum absolute atomic E-state index is 0.0129. The molecule has 0 saturated carbocycles. The van der Waals surface area contributed by atoms with Crippen LogP contribution in [-0.2, 0) is 16.0 Å². The van der Waals surface area contributed by atoms with Crippen molar-refractivity contribution in [3.63, 3.8) is 0 Å². The number of benzene rings is 1. The van der Waals surface area contributed by atoms with E-state index in [0.29, 0.717) is 0 Å². The van der Waals surface area contributed by atoms with Crippen LogP contribution in [0, 0.1) is 10.8 Å². The van der Waals surface area contributed by atoms with Crippen molar-refractivity contribution in [2.24, 2.45) is 10.8 Å². The van der Waals surface area contributed by atoms with Crippen LogP contribution in [0.4, 0.5) is 5.69 Å². The van der Waals surface area contributed by atoms with Crippen LogP contribution in [0.3, 0.4) is 0 Å². The first-order chi connectivity index (χ1) is 10.5. The predicted molar refractivity (Wildman–Crippen MR) is 93.3 cm³/mol. The lowest BCUT2D eigenvalue weighted by Crippen LogP contribution is -2.60. The maximum Gasteiger partial charge on any atom is 0.245 e. The largest absolute Gasteiger partial charge is 0.357 e. The Morgan fingerprint density at radius 3 is 2.30 bits per heavy atom. The van der Waals surface area contributed by atoms with E-state index >= 15 is 0 Å². The summed E-state index contributed by atoms with van der Waals surface area (Å²) in [6.07, 6.45) is 0.794. The average Bonchev–Trinajstić information content (AvgIpc) is 2.52. The van der Waals surface area contributed by atoms with Crippen molar-refractivity contribution < 1.29 is 9.59 Å². The van der Waals surface area contributed by atoms with Crippen molar-refractivity contribution in [1.82, 2.24) is 5.32 Å². The van der Waals surface area contributed by atoms with Crippen LogP contribution in [0.5, 0.6) is 0 Å². The molecule has 1 aliphatic heterocycles. The van der Waals surface area contributed by atoms with Crippen molar-refractivity contribution in [2.75, 3.05) is 11.9 Å². The Balaban J connectivity index is 2.74. The number of carbonyl (C=O) groups is 2. The van der Waals surface area contributed by atoms with Gasteiger partial charge >= 0.3 is 0 Å². The van der Waals surface area contributed by atoms with Crippen molar-refractivity contribution in [3.05, 3.63) is 29.8 Å². The zero-order valence-electron chi connectivity index (χ0n) is 15.3. The number of fused-ring (bicyclic) bond motifs is 1. The number of anilines is 1. The number of likely N-dealkylation sites (N-methyl/N-ethyl adjacent to an activating group) is 1. The summed E-state index contributed by atoms with van der Waals surface area (Å²) in [4.78, 5) is 27.6. The van der Waals surface area contributed by atoms with Crippen LogP contribution >= 0.6 is 0 Å². The van der Waals surface area contributed by atoms with Gasteiger partial charge in [-0.05, 0) is 37.3 Å². The molecule has 1 N–H and O–H groups in total. The van der Waals surface area contributed by atoms with Crippen LogP contribution < -0.4 is 10.2 Å². The molecular formula is C19H28N2O2. The van der Waals surface area contributed by atoms with Crippen LogP contribution in [-0.4, -0.2) is 24.4 Å². The quantitative estimate of drug-likeness (QED) is 0.911. The van der Waals surface area contributed by atoms with Crippen LogP contribution in [0.1, 0.15) is 47.1 Å². The summed E-state index contributed by atoms with van der Waals surface area (Å²) in [5.74, 6) is -0.183. The van der Waals surface area contributed by atoms with Crippen molar-refractivity contribution >= 4 is 17.5 Å². The van der Waals surface area contributed by atoms with Gasteiger partial charge in [-0.15, -0.1) is 0 Å². The Kier molecular flexibility index (Phi) is 4.08. The third kappa shape index (κ3) is 2.54. The average molecular weight is 316 g/mol. The van der Waals surface area contributed by atoms with Gasteiger partial charge in [-0.3, -0.25) is 14.5 Å². The number of nitrogens with zero attached hydrogens (tertiary/aromatic N) is 1. The second-order valence-corrected chi connectivity index (χ2v) is 8.09. The van der Waals surface area contributed by atoms with E-state index in [4.69, 9.17) is 0 Å². The molecule has 0 atom stereocenters. The van der Waals surface area contributed by atoms with Crippen LogP contribution in [0.15, 0.2) is 24.3 Å². The molecule has 1 aromatic rings. The van der Waals surface area contributed by atoms with Crippen molar-refractivity contribution in [2.45, 2.75) is 53.5 Å². The third-order valence-electron chi connectivity index (χ3n) is 5.64. The molecule has 0 fully saturated rings. The van der Waals surface area contributed by atoms with E-state index in [0.717, 1.165) is 17.7 Å². The summed E-state index contributed by atoms with van der Waals surface area (Å²) in [7, 11) is 1.60. The summed E-state index contributed by atoms with van der Waals surface area (Å²) < 4.78 is 0. The normalized spacial score (nSPS) is 19.8. The van der Waals surface area contributed by atoms with Gasteiger partial charge < -0.3 is 5.32 Å². The van der Waals surface area contributed by atoms with E-state index in [-0.39, 0.29) is 17.2 Å². The molecule has 0 unspecified atom stereocenters. The summed E-state index contributed by atoms with van der Waals surface area (Å²) in [5.41, 5.74) is 0.183. The molecule has 0 radical (unpaired) electrons. The molecule has 2 amide bonds. The second kappa shape index (κ2) is 5.36. The molecule has 0 spiro atoms. The molecule has 23 heavy (non-hydrogen) atoms. The molecule has 4 heteroatoms. The molecule has 4 nitrogen and oxygen atoms in total. The molecule has 1 aliphatic rings. The zero-order valence-corrected chi connectivity index (χ0v) is 15.3. The van der Waals surface area contributed by atoms with E-state index in [1.807, 2.05) is 32.0 Å². The highest BCUT2D eigenvalue weighted by molar-refractivity contribution is 6.06. The Morgan fingerprint density at radius 1 is 1.17 bits per heavy atom. The molecule has 0 saturated heterocycles. The topological polar surface area (TPSA) is 49.4 Å². The van der Waals surface area contributed by atoms with Gasteiger partial charge in [0.1, 0.15) is 5.54 Å². The summed E-state index contributed by atoms with van der Waals surface area (Å²) >= 11 is 0. The van der Waals surface area contributed by atoms with Gasteiger partial charge in [0.15, 0.2) is 0 Å². The maximum absolute atomic E-state index is 13.5. The molecule has 0 bridgehead atoms. The number of para-hydroxylation sites is 1. The SMILES string of the molecule is CNC(=O)C(C)(C)N1C(=O)C(C)(C)C(C)(C)Cc2ccccc21. The van der Waals surface area contributed by atoms with Crippen molar-refractivity contribution in [1.29, 1.82) is 0 Å². The summed E-state index contributed by atoms with van der Waals surface area (Å²) in [6.45, 7) is 11.8. The Bertz CT molecular complexity index is 645. The van der Waals surface area contributed by atoms with E-state index in [9.17, 15) is 9.59 Å². The predicted octanol–water partition coefficient (Wildman–Crippen LogP) is 3.15. The number of rotatable bonds is 2. The summed E-state index contributed by atoms with van der Waals surface area (Å²) in [5, 5.41) is 2.69. The highest BCUT2D eigenvalue weighted by atomic mass is 16.2. The number of hydrogen-bond acceptors (Lipinski definition) is 2. The summed E-state index contributed by atoms with van der Waals surface area (Å²) in [6, 6.07) is 7.90. The van der Waals surface area contributed by atoms with Gasteiger partial charge in [0.2, 0.25) is 11.8 Å². The monoisotopic (exact) mass is 316 g/mol. The molecule has 0 aromatic heterocycles. The number of carbonyl (C=O) groups excluding carboxylic acids is 2. The highest BCUT2D eigenvalue weighted by Crippen LogP contribution is 2.49. The lowest BCUT2D eigenvalue weighted by atomic mass is 9.65. The van der Waals surface area contributed by atoms with Gasteiger partial charge in [-0.2, -0.15) is 0 Å². The smallest absolute Gasteiger partial charge is 0.245 e. The standard InChI is InChI=1S/C19H28N2O2/c1-17(2)12-13-10-8-9-11-14(13)21(16(23)18(17,3)4)19(5,6)15(22)20-7/h8-11H,12H2,1-7H3,(H,20,22). The number of amides is 2. The zero-order chi connectivity index (χ0) is 17.6. The van der Waals surface area contributed by atoms with Gasteiger partial charge in [-0.1, -0.05) is 45.9 Å². The van der Waals surface area contributed by atoms with E-state index in [1.54, 1.807) is 25.8 Å². The van der Waals surface area contributed by atoms with Gasteiger partial charge in [0.05, 0.1) is 0 Å². The highest BCUT2D eigenvalue weighted by Gasteiger charge is 2.52. The first-order valence-electron chi connectivity index (χ1n) is 8.11. The van der Waals surface area contributed by atoms with E-state index in [2.05, 4.69) is 25.2 Å². The lowest BCUT2D eigenvalue weighted by molar-refractivity contribution is -0.136. The fourth-order valence-corrected chi connectivity index (χ4v) is 3.22. The van der Waals surface area contributed by atoms with Gasteiger partial charge in [0.25, 0.3) is 0 Å². The fraction of sp³-hybridized carbons (Fsp3) is 0.579. The minimum Gasteiger partial charge on any atom is -0.357 e. The maximum atomic E-state index is 13.5. The fourth-order valence-electron chi connectivity index (χ4n) is 3.22. The number of hydrogen-bond donors (Lipinski definition) is 1. The molecule has 2 rings (SSSR count). The molecule has 1 aromatic carbocycles. The first kappa shape index (κ1) is 17.5. The van der Waals surface area contributed by atoms with Gasteiger partial charge in [0, 0.05) is 18.2 Å². The Morgan fingerprint density at radius 2 is 1.74 bits per heavy atom. The Hall–Kier alpha value is -1.84. The van der Waals surface area contributed by atoms with E-state index in [1.165, 1.54) is 0 Å². The Labute approximate surface area is 139 Å². The minimum atomic E-state index is -0.959. The van der Waals surface area contributed by atoms with Crippen LogP contribution in [0.25, 0.3) is 0 Å². The second-order valence-electron chi connectivity index (χ2n) is 8.09. The molecular weight excluding hydrogens is 288 g/mol. The van der Waals surface area contributed by atoms with Crippen molar-refractivity contribution in [3.8, 4) is 0 Å².